The van der Waals surface area contributed by atoms with Crippen LogP contribution in [-0.4, -0.2) is 0 Å². The van der Waals surface area contributed by atoms with Gasteiger partial charge in [0.05, 0.1) is 34.1 Å². The van der Waals surface area contributed by atoms with Crippen LogP contribution in [0.15, 0.2) is 312 Å². The second-order valence-electron chi connectivity index (χ2n) is 29.3. The zero-order chi connectivity index (χ0) is 65.6. The summed E-state index contributed by atoms with van der Waals surface area (Å²) in [5.41, 5.74) is 17.1. The third-order valence-electron chi connectivity index (χ3n) is 22.6. The van der Waals surface area contributed by atoms with Gasteiger partial charge in [-0.05, 0) is 147 Å². The number of benzene rings is 16. The Labute approximate surface area is 568 Å². The van der Waals surface area contributed by atoms with Gasteiger partial charge in [-0.3, -0.25) is 0 Å². The molecular formula is C94H68N2O2. The highest BCUT2D eigenvalue weighted by atomic mass is 16.3. The first-order valence-corrected chi connectivity index (χ1v) is 34.5. The van der Waals surface area contributed by atoms with Crippen molar-refractivity contribution in [2.24, 2.45) is 10.8 Å². The summed E-state index contributed by atoms with van der Waals surface area (Å²) >= 11 is 0. The molecule has 2 atom stereocenters. The second kappa shape index (κ2) is 20.4. The monoisotopic (exact) mass is 1260 g/mol. The second-order valence-corrected chi connectivity index (χ2v) is 29.3. The first kappa shape index (κ1) is 56.6. The molecule has 0 saturated heterocycles. The normalized spacial score (nSPS) is 15.9. The van der Waals surface area contributed by atoms with Crippen LogP contribution < -0.4 is 9.80 Å². The van der Waals surface area contributed by atoms with Gasteiger partial charge in [0.2, 0.25) is 0 Å². The molecule has 16 aromatic carbocycles. The van der Waals surface area contributed by atoms with Crippen LogP contribution in [0.5, 0.6) is 0 Å². The van der Waals surface area contributed by atoms with E-state index in [0.717, 1.165) is 110 Å². The van der Waals surface area contributed by atoms with E-state index in [1.165, 1.54) is 76.8 Å². The highest BCUT2D eigenvalue weighted by molar-refractivity contribution is 6.22. The minimum absolute atomic E-state index is 0.559. The molecule has 2 heterocycles. The number of para-hydroxylation sites is 4. The molecule has 18 aromatic rings. The van der Waals surface area contributed by atoms with Crippen LogP contribution in [0.3, 0.4) is 0 Å². The fourth-order valence-electron chi connectivity index (χ4n) is 19.2. The van der Waals surface area contributed by atoms with E-state index in [1.54, 1.807) is 0 Å². The molecule has 0 spiro atoms. The molecule has 2 unspecified atom stereocenters. The standard InChI is InChI=1S/C94H68N2O2/c1-91(2,3)93(73-53-51-59-29-9-13-35-63(59)85(73)87-69-41-17-15-37-65(69)81(55-75(87)93)95(77-45-23-31-57-27-7-11-33-61(57)77)79-47-25-43-71-67-39-19-21-49-83(67)97-89(71)79)94(92(4,5)6)74-54-52-60-30-10-14-36-64(60)86(74)88-70-42-18-16-38-66(70)82(56-76(88)94)96(78-46-24-32-58-28-8-12-34-62(58)78)80-48-26-44-72-68-40-20-22-50-84(68)98-90(72)80/h7-56H,1-6H3. The van der Waals surface area contributed by atoms with Crippen molar-refractivity contribution in [1.29, 1.82) is 0 Å². The molecule has 20 rings (SSSR count). The molecule has 0 amide bonds. The lowest BCUT2D eigenvalue weighted by Gasteiger charge is -2.62. The van der Waals surface area contributed by atoms with Crippen molar-refractivity contribution < 1.29 is 8.83 Å². The average molecular weight is 1260 g/mol. The molecule has 0 N–H and O–H groups in total. The zero-order valence-electron chi connectivity index (χ0n) is 55.6. The summed E-state index contributed by atoms with van der Waals surface area (Å²) in [5, 5.41) is 18.6. The zero-order valence-corrected chi connectivity index (χ0v) is 55.6. The van der Waals surface area contributed by atoms with E-state index in [1.807, 2.05) is 0 Å². The highest BCUT2D eigenvalue weighted by Crippen LogP contribution is 2.77. The van der Waals surface area contributed by atoms with E-state index in [4.69, 9.17) is 8.83 Å². The minimum Gasteiger partial charge on any atom is -0.454 e. The summed E-state index contributed by atoms with van der Waals surface area (Å²) in [6.07, 6.45) is 0. The minimum atomic E-state index is -0.882. The van der Waals surface area contributed by atoms with E-state index in [0.29, 0.717) is 0 Å². The fourth-order valence-corrected chi connectivity index (χ4v) is 19.2. The predicted molar refractivity (Wildman–Crippen MR) is 413 cm³/mol. The van der Waals surface area contributed by atoms with Crippen LogP contribution in [0.2, 0.25) is 0 Å². The Morgan fingerprint density at radius 3 is 0.908 bits per heavy atom. The predicted octanol–water partition coefficient (Wildman–Crippen LogP) is 26.7. The van der Waals surface area contributed by atoms with E-state index in [9.17, 15) is 0 Å². The van der Waals surface area contributed by atoms with Gasteiger partial charge in [-0.1, -0.05) is 296 Å². The first-order chi connectivity index (χ1) is 47.9. The van der Waals surface area contributed by atoms with Crippen LogP contribution >= 0.6 is 0 Å². The SMILES string of the molecule is CC(C)(C)C1(C2(C(C)(C)C)c3ccc4ccccc4c3-c3c2cc(N(c2cccc4ccccc24)c2cccc4c2oc2ccccc24)c2ccccc32)c2ccc3ccccc3c2-c2c1cc(N(c1cccc3ccccc13)c1cccc3c1oc1ccccc13)c1ccccc21. The molecule has 98 heavy (non-hydrogen) atoms. The third-order valence-corrected chi connectivity index (χ3v) is 22.6. The van der Waals surface area contributed by atoms with Crippen molar-refractivity contribution in [3.8, 4) is 22.3 Å². The third kappa shape index (κ3) is 7.39. The number of nitrogens with zero attached hydrogens (tertiary/aromatic N) is 2. The Kier molecular flexibility index (Phi) is 11.8. The molecule has 0 saturated carbocycles. The number of anilines is 6. The summed E-state index contributed by atoms with van der Waals surface area (Å²) in [4.78, 5) is 5.12. The molecule has 2 aliphatic rings. The lowest BCUT2D eigenvalue weighted by molar-refractivity contribution is 0.0596. The van der Waals surface area contributed by atoms with E-state index >= 15 is 0 Å². The molecular weight excluding hydrogens is 1190 g/mol. The maximum Gasteiger partial charge on any atom is 0.159 e. The highest BCUT2D eigenvalue weighted by Gasteiger charge is 2.71. The summed E-state index contributed by atoms with van der Waals surface area (Å²) in [6.45, 7) is 15.4. The lowest BCUT2D eigenvalue weighted by Crippen LogP contribution is -2.62. The summed E-state index contributed by atoms with van der Waals surface area (Å²) < 4.78 is 14.4. The van der Waals surface area contributed by atoms with Crippen molar-refractivity contribution in [3.05, 3.63) is 326 Å². The molecule has 2 aromatic heterocycles. The maximum absolute atomic E-state index is 7.21. The number of hydrogen-bond donors (Lipinski definition) is 0. The van der Waals surface area contributed by atoms with Gasteiger partial charge in [-0.2, -0.15) is 0 Å². The summed E-state index contributed by atoms with van der Waals surface area (Å²) in [5.74, 6) is 0. The molecule has 0 fully saturated rings. The van der Waals surface area contributed by atoms with Crippen molar-refractivity contribution in [1.82, 2.24) is 0 Å². The Morgan fingerprint density at radius 2 is 0.510 bits per heavy atom. The van der Waals surface area contributed by atoms with Crippen molar-refractivity contribution in [2.75, 3.05) is 9.80 Å². The van der Waals surface area contributed by atoms with Crippen LogP contribution in [-0.2, 0) is 10.8 Å². The quantitative estimate of drug-likeness (QED) is 0.159. The Morgan fingerprint density at radius 1 is 0.224 bits per heavy atom. The number of furan rings is 2. The lowest BCUT2D eigenvalue weighted by atomic mass is 9.39. The molecule has 4 nitrogen and oxygen atoms in total. The average Bonchev–Trinajstić information content (AvgIpc) is 1.45. The topological polar surface area (TPSA) is 32.8 Å². The van der Waals surface area contributed by atoms with Gasteiger partial charge in [0.25, 0.3) is 0 Å². The molecule has 0 radical (unpaired) electrons. The van der Waals surface area contributed by atoms with Crippen molar-refractivity contribution >= 4 is 143 Å². The van der Waals surface area contributed by atoms with E-state index < -0.39 is 21.7 Å². The van der Waals surface area contributed by atoms with Gasteiger partial charge < -0.3 is 18.6 Å². The van der Waals surface area contributed by atoms with Gasteiger partial charge in [0, 0.05) is 53.9 Å². The fraction of sp³-hybridized carbons (Fsp3) is 0.106. The van der Waals surface area contributed by atoms with Gasteiger partial charge in [-0.15, -0.1) is 0 Å². The summed E-state index contributed by atoms with van der Waals surface area (Å²) in [7, 11) is 0. The maximum atomic E-state index is 7.21. The van der Waals surface area contributed by atoms with Gasteiger partial charge in [-0.25, -0.2) is 0 Å². The first-order valence-electron chi connectivity index (χ1n) is 34.5. The Balaban J connectivity index is 1.00. The number of fused-ring (bicyclic) bond motifs is 22. The van der Waals surface area contributed by atoms with Crippen molar-refractivity contribution in [3.63, 3.8) is 0 Å². The largest absolute Gasteiger partial charge is 0.454 e. The van der Waals surface area contributed by atoms with E-state index in [-0.39, 0.29) is 0 Å². The van der Waals surface area contributed by atoms with Crippen molar-refractivity contribution in [2.45, 2.75) is 52.4 Å². The smallest absolute Gasteiger partial charge is 0.159 e. The molecule has 466 valence electrons. The Hall–Kier alpha value is -11.7. The molecule has 2 aliphatic carbocycles. The molecule has 0 bridgehead atoms. The van der Waals surface area contributed by atoms with Gasteiger partial charge in [0.1, 0.15) is 11.2 Å². The molecule has 0 aliphatic heterocycles. The van der Waals surface area contributed by atoms with Crippen LogP contribution in [0.4, 0.5) is 34.1 Å². The van der Waals surface area contributed by atoms with Gasteiger partial charge in [0.15, 0.2) is 11.2 Å². The Bertz CT molecular complexity index is 6050. The number of rotatable bonds is 7. The van der Waals surface area contributed by atoms with Crippen LogP contribution in [0.1, 0.15) is 63.8 Å². The van der Waals surface area contributed by atoms with E-state index in [2.05, 4.69) is 355 Å². The number of hydrogen-bond acceptors (Lipinski definition) is 4. The van der Waals surface area contributed by atoms with Crippen LogP contribution in [0, 0.1) is 10.8 Å². The van der Waals surface area contributed by atoms with Gasteiger partial charge >= 0.3 is 0 Å². The molecule has 4 heteroatoms. The summed E-state index contributed by atoms with van der Waals surface area (Å²) in [6, 6.07) is 114. The van der Waals surface area contributed by atoms with Crippen LogP contribution in [0.25, 0.3) is 131 Å².